The number of rotatable bonds is 3. The molecule has 0 spiro atoms. The maximum atomic E-state index is 13.6. The highest BCUT2D eigenvalue weighted by atomic mass is 35.5. The Balaban J connectivity index is 2.03. The van der Waals surface area contributed by atoms with E-state index in [2.05, 4.69) is 10.9 Å². The molecule has 0 atom stereocenters. The van der Waals surface area contributed by atoms with Gasteiger partial charge >= 0.3 is 6.03 Å². The molecular formula is C14H8Cl4FN3O2. The van der Waals surface area contributed by atoms with E-state index in [0.29, 0.717) is 5.02 Å². The lowest BCUT2D eigenvalue weighted by Gasteiger charge is -2.12. The van der Waals surface area contributed by atoms with E-state index < -0.39 is 23.3 Å². The molecule has 24 heavy (non-hydrogen) atoms. The van der Waals surface area contributed by atoms with Gasteiger partial charge in [0.05, 0.1) is 26.3 Å². The highest BCUT2D eigenvalue weighted by molar-refractivity contribution is 6.41. The summed E-state index contributed by atoms with van der Waals surface area (Å²) in [5.41, 5.74) is 4.30. The minimum Gasteiger partial charge on any atom is -0.294 e. The van der Waals surface area contributed by atoms with Crippen LogP contribution >= 0.6 is 46.4 Å². The molecule has 10 heteroatoms. The molecule has 0 heterocycles. The first-order valence-corrected chi connectivity index (χ1v) is 7.76. The van der Waals surface area contributed by atoms with Crippen molar-refractivity contribution in [3.8, 4) is 0 Å². The maximum Gasteiger partial charge on any atom is 0.340 e. The van der Waals surface area contributed by atoms with Crippen molar-refractivity contribution in [2.24, 2.45) is 0 Å². The summed E-state index contributed by atoms with van der Waals surface area (Å²) in [6.45, 7) is 0. The number of carbonyl (C=O) groups is 2. The molecule has 0 radical (unpaired) electrons. The second kappa shape index (κ2) is 7.90. The minimum absolute atomic E-state index is 0.128. The fourth-order valence-corrected chi connectivity index (χ4v) is 2.85. The Morgan fingerprint density at radius 3 is 2.17 bits per heavy atom. The first kappa shape index (κ1) is 18.6. The van der Waals surface area contributed by atoms with Crippen LogP contribution in [0.1, 0.15) is 10.4 Å². The molecule has 0 aliphatic heterocycles. The van der Waals surface area contributed by atoms with Gasteiger partial charge in [0, 0.05) is 5.02 Å². The van der Waals surface area contributed by atoms with Crippen molar-refractivity contribution in [1.29, 1.82) is 0 Å². The standard InChI is InChI=1S/C14H8Cl4FN3O2/c15-6-4-8(17)12(9(18)5-6)21-22-14(24)20-13(23)11-7(16)2-1-3-10(11)19/h1-5,21H,(H2,20,22,23,24). The summed E-state index contributed by atoms with van der Waals surface area (Å²) in [5, 5.41) is 2.39. The molecule has 0 saturated carbocycles. The zero-order chi connectivity index (χ0) is 17.9. The van der Waals surface area contributed by atoms with Crippen LogP contribution in [0.5, 0.6) is 0 Å². The Hall–Kier alpha value is -1.73. The monoisotopic (exact) mass is 409 g/mol. The largest absolute Gasteiger partial charge is 0.340 e. The molecule has 0 bridgehead atoms. The fraction of sp³-hybridized carbons (Fsp3) is 0. The Morgan fingerprint density at radius 2 is 1.58 bits per heavy atom. The molecule has 2 aromatic carbocycles. The summed E-state index contributed by atoms with van der Waals surface area (Å²) in [6.07, 6.45) is 0. The fourth-order valence-electron chi connectivity index (χ4n) is 1.69. The van der Waals surface area contributed by atoms with E-state index in [-0.39, 0.29) is 20.8 Å². The molecule has 5 nitrogen and oxygen atoms in total. The number of benzene rings is 2. The van der Waals surface area contributed by atoms with E-state index in [4.69, 9.17) is 46.4 Å². The second-order valence-electron chi connectivity index (χ2n) is 4.37. The summed E-state index contributed by atoms with van der Waals surface area (Å²) in [5.74, 6) is -1.87. The van der Waals surface area contributed by atoms with Gasteiger partial charge in [-0.25, -0.2) is 9.18 Å². The molecule has 0 aromatic heterocycles. The number of hydrogen-bond acceptors (Lipinski definition) is 3. The van der Waals surface area contributed by atoms with Gasteiger partial charge in [-0.1, -0.05) is 52.5 Å². The Kier molecular flexibility index (Phi) is 6.12. The maximum absolute atomic E-state index is 13.6. The van der Waals surface area contributed by atoms with Crippen molar-refractivity contribution in [2.75, 3.05) is 5.43 Å². The molecule has 0 aliphatic carbocycles. The van der Waals surface area contributed by atoms with Crippen LogP contribution in [0.15, 0.2) is 30.3 Å². The first-order valence-electron chi connectivity index (χ1n) is 6.25. The van der Waals surface area contributed by atoms with E-state index in [1.807, 2.05) is 5.32 Å². The normalized spacial score (nSPS) is 10.2. The van der Waals surface area contributed by atoms with Crippen molar-refractivity contribution in [1.82, 2.24) is 10.7 Å². The topological polar surface area (TPSA) is 70.2 Å². The minimum atomic E-state index is -1.01. The van der Waals surface area contributed by atoms with Crippen molar-refractivity contribution in [3.63, 3.8) is 0 Å². The number of carbonyl (C=O) groups excluding carboxylic acids is 2. The molecule has 0 fully saturated rings. The second-order valence-corrected chi connectivity index (χ2v) is 6.03. The zero-order valence-electron chi connectivity index (χ0n) is 11.6. The third-order valence-corrected chi connectivity index (χ3v) is 3.85. The lowest BCUT2D eigenvalue weighted by Crippen LogP contribution is -2.42. The highest BCUT2D eigenvalue weighted by Crippen LogP contribution is 2.33. The summed E-state index contributed by atoms with van der Waals surface area (Å²) in [7, 11) is 0. The lowest BCUT2D eigenvalue weighted by atomic mass is 10.2. The number of hydrazine groups is 1. The third kappa shape index (κ3) is 4.42. The molecule has 2 rings (SSSR count). The van der Waals surface area contributed by atoms with Crippen LogP contribution in [0.25, 0.3) is 0 Å². The number of hydrogen-bond donors (Lipinski definition) is 3. The van der Waals surface area contributed by atoms with Gasteiger partial charge in [0.1, 0.15) is 5.82 Å². The highest BCUT2D eigenvalue weighted by Gasteiger charge is 2.18. The lowest BCUT2D eigenvalue weighted by molar-refractivity contribution is 0.0960. The van der Waals surface area contributed by atoms with E-state index >= 15 is 0 Å². The number of halogens is 5. The summed E-state index contributed by atoms with van der Waals surface area (Å²) in [4.78, 5) is 23.6. The Bertz CT molecular complexity index is 773. The van der Waals surface area contributed by atoms with Crippen LogP contribution in [0, 0.1) is 5.82 Å². The van der Waals surface area contributed by atoms with Gasteiger partial charge in [0.15, 0.2) is 0 Å². The molecular weight excluding hydrogens is 403 g/mol. The van der Waals surface area contributed by atoms with Crippen LogP contribution in [0.3, 0.4) is 0 Å². The van der Waals surface area contributed by atoms with E-state index in [1.165, 1.54) is 24.3 Å². The Labute approximate surface area is 156 Å². The number of nitrogens with one attached hydrogen (secondary N) is 3. The summed E-state index contributed by atoms with van der Waals surface area (Å²) >= 11 is 23.4. The van der Waals surface area contributed by atoms with Gasteiger partial charge in [0.25, 0.3) is 5.91 Å². The van der Waals surface area contributed by atoms with Gasteiger partial charge in [-0.2, -0.15) is 0 Å². The zero-order valence-corrected chi connectivity index (χ0v) is 14.6. The molecule has 3 amide bonds. The van der Waals surface area contributed by atoms with Crippen LogP contribution in [0.4, 0.5) is 14.9 Å². The van der Waals surface area contributed by atoms with E-state index in [0.717, 1.165) is 6.07 Å². The van der Waals surface area contributed by atoms with Gasteiger partial charge in [-0.05, 0) is 24.3 Å². The van der Waals surface area contributed by atoms with Gasteiger partial charge in [0.2, 0.25) is 0 Å². The number of imide groups is 1. The first-order chi connectivity index (χ1) is 11.3. The van der Waals surface area contributed by atoms with Crippen LogP contribution < -0.4 is 16.2 Å². The molecule has 0 unspecified atom stereocenters. The molecule has 2 aromatic rings. The molecule has 126 valence electrons. The van der Waals surface area contributed by atoms with E-state index in [1.54, 1.807) is 0 Å². The molecule has 0 saturated heterocycles. The quantitative estimate of drug-likeness (QED) is 0.630. The summed E-state index contributed by atoms with van der Waals surface area (Å²) in [6, 6.07) is 5.54. The number of urea groups is 1. The van der Waals surface area contributed by atoms with Crippen molar-refractivity contribution >= 4 is 64.0 Å². The van der Waals surface area contributed by atoms with E-state index in [9.17, 15) is 14.0 Å². The Morgan fingerprint density at radius 1 is 0.958 bits per heavy atom. The van der Waals surface area contributed by atoms with Gasteiger partial charge < -0.3 is 0 Å². The molecule has 3 N–H and O–H groups in total. The van der Waals surface area contributed by atoms with Crippen molar-refractivity contribution in [2.45, 2.75) is 0 Å². The summed E-state index contributed by atoms with van der Waals surface area (Å²) < 4.78 is 13.6. The number of anilines is 1. The predicted octanol–water partition coefficient (Wildman–Crippen LogP) is 4.91. The predicted molar refractivity (Wildman–Crippen MR) is 92.5 cm³/mol. The van der Waals surface area contributed by atoms with Crippen molar-refractivity contribution in [3.05, 3.63) is 61.8 Å². The molecule has 0 aliphatic rings. The van der Waals surface area contributed by atoms with Crippen LogP contribution in [-0.4, -0.2) is 11.9 Å². The average Bonchev–Trinajstić information content (AvgIpc) is 2.45. The van der Waals surface area contributed by atoms with Crippen molar-refractivity contribution < 1.29 is 14.0 Å². The van der Waals surface area contributed by atoms with Gasteiger partial charge in [-0.15, -0.1) is 0 Å². The van der Waals surface area contributed by atoms with Gasteiger partial charge in [-0.3, -0.25) is 21.0 Å². The average molecular weight is 411 g/mol. The smallest absolute Gasteiger partial charge is 0.294 e. The number of amides is 3. The third-order valence-electron chi connectivity index (χ3n) is 2.72. The van der Waals surface area contributed by atoms with Crippen LogP contribution in [-0.2, 0) is 0 Å². The van der Waals surface area contributed by atoms with Crippen LogP contribution in [0.2, 0.25) is 20.1 Å². The SMILES string of the molecule is O=C(NNc1c(Cl)cc(Cl)cc1Cl)NC(=O)c1c(F)cccc1Cl.